The van der Waals surface area contributed by atoms with Crippen LogP contribution in [0.2, 0.25) is 0 Å². The van der Waals surface area contributed by atoms with Gasteiger partial charge in [-0.3, -0.25) is 9.69 Å². The number of amides is 1. The van der Waals surface area contributed by atoms with Crippen LogP contribution < -0.4 is 5.32 Å². The number of hydrogen-bond donors (Lipinski definition) is 2. The maximum atomic E-state index is 13.4. The minimum atomic E-state index is -0.404. The van der Waals surface area contributed by atoms with Gasteiger partial charge in [0, 0.05) is 7.05 Å². The summed E-state index contributed by atoms with van der Waals surface area (Å²) in [5.74, 6) is 0.522. The van der Waals surface area contributed by atoms with Gasteiger partial charge in [0.15, 0.2) is 5.82 Å². The van der Waals surface area contributed by atoms with Crippen LogP contribution in [0.5, 0.6) is 0 Å². The second-order valence-corrected chi connectivity index (χ2v) is 6.36. The first-order valence-electron chi connectivity index (χ1n) is 8.58. The van der Waals surface area contributed by atoms with Crippen LogP contribution in [0.4, 0.5) is 4.39 Å². The minimum Gasteiger partial charge on any atom is -0.351 e. The highest BCUT2D eigenvalue weighted by Crippen LogP contribution is 2.31. The molecule has 1 atom stereocenters. The van der Waals surface area contributed by atoms with Gasteiger partial charge in [0.2, 0.25) is 0 Å². The molecule has 4 rings (SSSR count). The third kappa shape index (κ3) is 3.17. The molecular formula is C17H19FN6O2. The molecule has 2 N–H and O–H groups in total. The lowest BCUT2D eigenvalue weighted by atomic mass is 10.0. The quantitative estimate of drug-likeness (QED) is 0.741. The number of piperidine rings is 1. The fraction of sp³-hybridized carbons (Fsp3) is 0.412. The number of imidazole rings is 1. The maximum Gasteiger partial charge on any atom is 0.315 e. The molecule has 1 unspecified atom stereocenters. The Balaban J connectivity index is 1.57. The summed E-state index contributed by atoms with van der Waals surface area (Å²) in [6, 6.07) is 4.59. The van der Waals surface area contributed by atoms with Gasteiger partial charge in [0.05, 0.1) is 23.6 Å². The summed E-state index contributed by atoms with van der Waals surface area (Å²) in [6.07, 6.45) is 3.08. The van der Waals surface area contributed by atoms with E-state index >= 15 is 0 Å². The number of nitrogens with one attached hydrogen (secondary N) is 2. The first-order valence-corrected chi connectivity index (χ1v) is 8.58. The van der Waals surface area contributed by atoms with E-state index in [9.17, 15) is 9.18 Å². The molecule has 136 valence electrons. The summed E-state index contributed by atoms with van der Waals surface area (Å²) in [7, 11) is 1.51. The van der Waals surface area contributed by atoms with E-state index in [1.807, 2.05) is 0 Å². The van der Waals surface area contributed by atoms with Gasteiger partial charge in [-0.25, -0.2) is 9.37 Å². The van der Waals surface area contributed by atoms with Crippen LogP contribution in [-0.4, -0.2) is 44.5 Å². The van der Waals surface area contributed by atoms with E-state index in [0.29, 0.717) is 17.9 Å². The summed E-state index contributed by atoms with van der Waals surface area (Å²) >= 11 is 0. The molecule has 0 bridgehead atoms. The van der Waals surface area contributed by atoms with E-state index in [2.05, 4.69) is 30.3 Å². The highest BCUT2D eigenvalue weighted by Gasteiger charge is 2.28. The molecule has 1 amide bonds. The molecule has 9 heteroatoms. The van der Waals surface area contributed by atoms with Gasteiger partial charge in [0.25, 0.3) is 0 Å². The Morgan fingerprint density at radius 2 is 2.31 bits per heavy atom. The largest absolute Gasteiger partial charge is 0.351 e. The zero-order valence-electron chi connectivity index (χ0n) is 14.3. The van der Waals surface area contributed by atoms with E-state index in [-0.39, 0.29) is 17.7 Å². The summed E-state index contributed by atoms with van der Waals surface area (Å²) in [6.45, 7) is 1.32. The van der Waals surface area contributed by atoms with Crippen molar-refractivity contribution in [2.24, 2.45) is 0 Å². The Labute approximate surface area is 148 Å². The number of carbonyl (C=O) groups excluding carboxylic acids is 1. The molecule has 1 aromatic carbocycles. The summed E-state index contributed by atoms with van der Waals surface area (Å²) in [5, 5.41) is 6.35. The van der Waals surface area contributed by atoms with Crippen molar-refractivity contribution >= 4 is 16.9 Å². The lowest BCUT2D eigenvalue weighted by Crippen LogP contribution is -2.34. The van der Waals surface area contributed by atoms with Gasteiger partial charge >= 0.3 is 11.8 Å². The van der Waals surface area contributed by atoms with Crippen molar-refractivity contribution in [1.82, 2.24) is 30.3 Å². The molecule has 1 aliphatic rings. The Hall–Kier alpha value is -2.81. The average molecular weight is 358 g/mol. The number of hydrogen-bond acceptors (Lipinski definition) is 6. The van der Waals surface area contributed by atoms with Crippen LogP contribution in [0.15, 0.2) is 22.7 Å². The third-order valence-electron chi connectivity index (χ3n) is 4.63. The second-order valence-electron chi connectivity index (χ2n) is 6.36. The predicted molar refractivity (Wildman–Crippen MR) is 90.7 cm³/mol. The number of likely N-dealkylation sites (tertiary alicyclic amines) is 1. The van der Waals surface area contributed by atoms with Crippen LogP contribution in [0.3, 0.4) is 0 Å². The fourth-order valence-corrected chi connectivity index (χ4v) is 3.35. The molecule has 26 heavy (non-hydrogen) atoms. The zero-order chi connectivity index (χ0) is 18.1. The number of H-pyrrole nitrogens is 1. The fourth-order valence-electron chi connectivity index (χ4n) is 3.35. The number of aromatic nitrogens is 4. The van der Waals surface area contributed by atoms with Crippen molar-refractivity contribution in [3.8, 4) is 0 Å². The molecule has 0 saturated carbocycles. The van der Waals surface area contributed by atoms with Crippen molar-refractivity contribution < 1.29 is 13.7 Å². The Bertz CT molecular complexity index is 936. The number of rotatable bonds is 4. The Kier molecular flexibility index (Phi) is 4.37. The standard InChI is InChI=1S/C17H19FN6O2/c1-19-16(25)17-22-14(23-26-17)9-24-7-3-2-4-13(24)15-20-11-6-5-10(18)8-12(11)21-15/h5-6,8,13H,2-4,7,9H2,1H3,(H,19,25)(H,20,21). The van der Waals surface area contributed by atoms with Crippen molar-refractivity contribution in [2.45, 2.75) is 31.8 Å². The number of aromatic amines is 1. The van der Waals surface area contributed by atoms with Gasteiger partial charge < -0.3 is 14.8 Å². The van der Waals surface area contributed by atoms with Crippen LogP contribution in [-0.2, 0) is 6.54 Å². The van der Waals surface area contributed by atoms with Gasteiger partial charge in [-0.15, -0.1) is 0 Å². The minimum absolute atomic E-state index is 0.0460. The smallest absolute Gasteiger partial charge is 0.315 e. The molecule has 2 aromatic heterocycles. The topological polar surface area (TPSA) is 99.9 Å². The van der Waals surface area contributed by atoms with Crippen LogP contribution in [0.1, 0.15) is 47.6 Å². The second kappa shape index (κ2) is 6.83. The molecule has 1 fully saturated rings. The summed E-state index contributed by atoms with van der Waals surface area (Å²) in [4.78, 5) is 25.8. The van der Waals surface area contributed by atoms with E-state index in [1.54, 1.807) is 6.07 Å². The predicted octanol–water partition coefficient (Wildman–Crippen LogP) is 2.17. The van der Waals surface area contributed by atoms with E-state index in [1.165, 1.54) is 19.2 Å². The first-order chi connectivity index (χ1) is 12.6. The molecule has 8 nitrogen and oxygen atoms in total. The van der Waals surface area contributed by atoms with Crippen LogP contribution in [0, 0.1) is 5.82 Å². The normalized spacial score (nSPS) is 18.3. The van der Waals surface area contributed by atoms with E-state index < -0.39 is 5.91 Å². The lowest BCUT2D eigenvalue weighted by molar-refractivity contribution is 0.0919. The third-order valence-corrected chi connectivity index (χ3v) is 4.63. The first kappa shape index (κ1) is 16.6. The monoisotopic (exact) mass is 358 g/mol. The van der Waals surface area contributed by atoms with Gasteiger partial charge in [-0.1, -0.05) is 11.6 Å². The molecule has 0 radical (unpaired) electrons. The van der Waals surface area contributed by atoms with Crippen molar-refractivity contribution in [2.75, 3.05) is 13.6 Å². The highest BCUT2D eigenvalue weighted by molar-refractivity contribution is 5.89. The number of fused-ring (bicyclic) bond motifs is 1. The van der Waals surface area contributed by atoms with Crippen molar-refractivity contribution in [1.29, 1.82) is 0 Å². The highest BCUT2D eigenvalue weighted by atomic mass is 19.1. The van der Waals surface area contributed by atoms with Gasteiger partial charge in [-0.05, 0) is 37.6 Å². The number of carbonyl (C=O) groups is 1. The van der Waals surface area contributed by atoms with E-state index in [0.717, 1.165) is 37.1 Å². The lowest BCUT2D eigenvalue weighted by Gasteiger charge is -2.33. The number of nitrogens with zero attached hydrogens (tertiary/aromatic N) is 4. The van der Waals surface area contributed by atoms with Crippen LogP contribution >= 0.6 is 0 Å². The zero-order valence-corrected chi connectivity index (χ0v) is 14.3. The van der Waals surface area contributed by atoms with E-state index in [4.69, 9.17) is 4.52 Å². The average Bonchev–Trinajstić information content (AvgIpc) is 3.28. The number of halogens is 1. The van der Waals surface area contributed by atoms with Crippen molar-refractivity contribution in [3.05, 3.63) is 41.6 Å². The molecule has 3 heterocycles. The Morgan fingerprint density at radius 1 is 1.42 bits per heavy atom. The summed E-state index contributed by atoms with van der Waals surface area (Å²) < 4.78 is 18.4. The maximum absolute atomic E-state index is 13.4. The number of benzene rings is 1. The molecule has 1 saturated heterocycles. The SMILES string of the molecule is CNC(=O)c1nc(CN2CCCCC2c2nc3ccc(F)cc3[nH]2)no1. The molecule has 0 aliphatic carbocycles. The molecular weight excluding hydrogens is 339 g/mol. The van der Waals surface area contributed by atoms with Crippen molar-refractivity contribution in [3.63, 3.8) is 0 Å². The molecule has 0 spiro atoms. The molecule has 3 aromatic rings. The molecule has 1 aliphatic heterocycles. The van der Waals surface area contributed by atoms with Crippen LogP contribution in [0.25, 0.3) is 11.0 Å². The Morgan fingerprint density at radius 3 is 3.15 bits per heavy atom. The summed E-state index contributed by atoms with van der Waals surface area (Å²) in [5.41, 5.74) is 1.43. The van der Waals surface area contributed by atoms with Gasteiger partial charge in [0.1, 0.15) is 11.6 Å². The van der Waals surface area contributed by atoms with Gasteiger partial charge in [-0.2, -0.15) is 4.98 Å².